The third-order valence-electron chi connectivity index (χ3n) is 12.3. The van der Waals surface area contributed by atoms with Crippen LogP contribution in [0.4, 0.5) is 0 Å². The van der Waals surface area contributed by atoms with Crippen molar-refractivity contribution in [3.05, 3.63) is 36.5 Å². The number of carbonyl (C=O) groups is 2. The Morgan fingerprint density at radius 3 is 1.33 bits per heavy atom. The van der Waals surface area contributed by atoms with Crippen molar-refractivity contribution in [2.45, 2.75) is 270 Å². The molecule has 0 aliphatic carbocycles. The predicted molar refractivity (Wildman–Crippen MR) is 282 cm³/mol. The fraction of sp³-hybridized carbons (Fsp3) is 0.857. The van der Waals surface area contributed by atoms with E-state index in [1.807, 2.05) is 33.3 Å². The van der Waals surface area contributed by atoms with E-state index >= 15 is 0 Å². The molecule has 0 aromatic carbocycles. The number of ether oxygens (including phenoxy) is 1. The Labute approximate surface area is 408 Å². The zero-order valence-electron chi connectivity index (χ0n) is 44.2. The molecule has 0 heterocycles. The highest BCUT2D eigenvalue weighted by molar-refractivity contribution is 7.47. The van der Waals surface area contributed by atoms with Gasteiger partial charge in [-0.15, -0.1) is 0 Å². The lowest BCUT2D eigenvalue weighted by molar-refractivity contribution is -0.870. The monoisotopic (exact) mass is 952 g/mol. The Hall–Kier alpha value is -1.77. The Morgan fingerprint density at radius 2 is 0.894 bits per heavy atom. The van der Waals surface area contributed by atoms with E-state index in [1.54, 1.807) is 0 Å². The van der Waals surface area contributed by atoms with Crippen molar-refractivity contribution >= 4 is 19.7 Å². The lowest BCUT2D eigenvalue weighted by Crippen LogP contribution is -2.47. The van der Waals surface area contributed by atoms with Crippen molar-refractivity contribution < 1.29 is 37.3 Å². The molecule has 388 valence electrons. The molecule has 0 aliphatic rings. The first-order valence-electron chi connectivity index (χ1n) is 27.8. The summed E-state index contributed by atoms with van der Waals surface area (Å²) in [6.07, 6.45) is 54.2. The zero-order chi connectivity index (χ0) is 48.7. The molecule has 10 heteroatoms. The molecule has 0 saturated heterocycles. The second-order valence-electron chi connectivity index (χ2n) is 20.1. The Balaban J connectivity index is 5.34. The number of rotatable bonds is 50. The second kappa shape index (κ2) is 46.9. The highest BCUT2D eigenvalue weighted by Gasteiger charge is 2.30. The number of nitrogens with one attached hydrogen (secondary N) is 1. The third-order valence-corrected chi connectivity index (χ3v) is 13.3. The summed E-state index contributed by atoms with van der Waals surface area (Å²) in [7, 11) is 1.49. The van der Waals surface area contributed by atoms with Gasteiger partial charge in [0.15, 0.2) is 0 Å². The average Bonchev–Trinajstić information content (AvgIpc) is 3.27. The van der Waals surface area contributed by atoms with Gasteiger partial charge in [0.1, 0.15) is 19.3 Å². The molecule has 3 unspecified atom stereocenters. The summed E-state index contributed by atoms with van der Waals surface area (Å²) in [5.74, 6) is -0.517. The number of hydrogen-bond acceptors (Lipinski definition) is 6. The van der Waals surface area contributed by atoms with Gasteiger partial charge in [0, 0.05) is 12.8 Å². The molecular weight excluding hydrogens is 844 g/mol. The lowest BCUT2D eigenvalue weighted by atomic mass is 10.0. The zero-order valence-corrected chi connectivity index (χ0v) is 45.1. The van der Waals surface area contributed by atoms with Crippen molar-refractivity contribution in [1.82, 2.24) is 5.32 Å². The number of allylic oxidation sites excluding steroid dienone is 5. The van der Waals surface area contributed by atoms with Crippen LogP contribution in [0.25, 0.3) is 0 Å². The average molecular weight is 952 g/mol. The fourth-order valence-corrected chi connectivity index (χ4v) is 8.65. The van der Waals surface area contributed by atoms with Gasteiger partial charge in [-0.1, -0.05) is 205 Å². The maximum Gasteiger partial charge on any atom is 0.472 e. The highest BCUT2D eigenvalue weighted by atomic mass is 31.2. The molecule has 2 N–H and O–H groups in total. The first kappa shape index (κ1) is 64.2. The third kappa shape index (κ3) is 47.3. The minimum Gasteiger partial charge on any atom is -0.456 e. The Kier molecular flexibility index (Phi) is 45.7. The quantitative estimate of drug-likeness (QED) is 0.0205. The van der Waals surface area contributed by atoms with Crippen molar-refractivity contribution in [2.24, 2.45) is 0 Å². The minimum absolute atomic E-state index is 0.0392. The summed E-state index contributed by atoms with van der Waals surface area (Å²) < 4.78 is 30.5. The second-order valence-corrected chi connectivity index (χ2v) is 21.6. The Bertz CT molecular complexity index is 1230. The smallest absolute Gasteiger partial charge is 0.456 e. The van der Waals surface area contributed by atoms with E-state index < -0.39 is 20.0 Å². The largest absolute Gasteiger partial charge is 0.472 e. The van der Waals surface area contributed by atoms with E-state index in [0.29, 0.717) is 17.4 Å². The van der Waals surface area contributed by atoms with Crippen LogP contribution < -0.4 is 5.32 Å². The molecule has 1 amide bonds. The highest BCUT2D eigenvalue weighted by Crippen LogP contribution is 2.43. The van der Waals surface area contributed by atoms with E-state index in [-0.39, 0.29) is 31.5 Å². The number of phosphoric acid groups is 1. The predicted octanol–water partition coefficient (Wildman–Crippen LogP) is 16.4. The fourth-order valence-electron chi connectivity index (χ4n) is 7.92. The van der Waals surface area contributed by atoms with Gasteiger partial charge in [-0.25, -0.2) is 4.57 Å². The minimum atomic E-state index is -4.44. The van der Waals surface area contributed by atoms with Crippen LogP contribution in [-0.2, 0) is 27.9 Å². The number of unbranched alkanes of at least 4 members (excludes halogenated alkanes) is 30. The SMILES string of the molecule is CCCC/C=C\CCCCCCCC(=O)OC(/C=C\CCCCCCCCCCCC)C(COP(=O)(O)OCC[N+](C)(C)C)NC(=O)CCCCCCCCC/C=C/CCCCCCCC. The van der Waals surface area contributed by atoms with Crippen LogP contribution in [0.5, 0.6) is 0 Å². The van der Waals surface area contributed by atoms with E-state index in [1.165, 1.54) is 128 Å². The van der Waals surface area contributed by atoms with Crippen LogP contribution in [0.1, 0.15) is 258 Å². The van der Waals surface area contributed by atoms with E-state index in [2.05, 4.69) is 50.4 Å². The van der Waals surface area contributed by atoms with Crippen molar-refractivity contribution in [2.75, 3.05) is 40.9 Å². The van der Waals surface area contributed by atoms with E-state index in [4.69, 9.17) is 13.8 Å². The normalized spacial score (nSPS) is 14.1. The van der Waals surface area contributed by atoms with Crippen LogP contribution in [0.3, 0.4) is 0 Å². The molecule has 66 heavy (non-hydrogen) atoms. The van der Waals surface area contributed by atoms with Gasteiger partial charge in [0.2, 0.25) is 5.91 Å². The molecule has 3 atom stereocenters. The van der Waals surface area contributed by atoms with Crippen LogP contribution >= 0.6 is 7.82 Å². The molecule has 9 nitrogen and oxygen atoms in total. The first-order chi connectivity index (χ1) is 31.9. The Morgan fingerprint density at radius 1 is 0.515 bits per heavy atom. The standard InChI is InChI=1S/C56H107N2O7P/c1-7-10-13-16-19-22-25-27-28-29-30-31-34-36-39-42-45-48-55(59)57-53(52-64-66(61,62)63-51-50-58(4,5)6)54(47-44-41-38-35-33-26-23-20-17-14-11-8-2)65-56(60)49-46-43-40-37-32-24-21-18-15-12-9-3/h18,21,27-28,44,47,53-54H,7-17,19-20,22-26,29-43,45-46,48-52H2,1-6H3,(H-,57,59,61,62)/p+1/b21-18-,28-27+,47-44-. The summed E-state index contributed by atoms with van der Waals surface area (Å²) >= 11 is 0. The van der Waals surface area contributed by atoms with Gasteiger partial charge in [0.25, 0.3) is 0 Å². The molecule has 0 aromatic rings. The van der Waals surface area contributed by atoms with Crippen LogP contribution in [0.2, 0.25) is 0 Å². The lowest BCUT2D eigenvalue weighted by Gasteiger charge is -2.27. The molecule has 0 aliphatic heterocycles. The molecule has 0 spiro atoms. The molecule has 0 fully saturated rings. The van der Waals surface area contributed by atoms with Crippen molar-refractivity contribution in [1.29, 1.82) is 0 Å². The number of esters is 1. The van der Waals surface area contributed by atoms with E-state index in [9.17, 15) is 19.0 Å². The van der Waals surface area contributed by atoms with Gasteiger partial charge < -0.3 is 19.4 Å². The molecule has 0 saturated carbocycles. The summed E-state index contributed by atoms with van der Waals surface area (Å²) in [5, 5.41) is 3.04. The molecule has 0 aromatic heterocycles. The number of likely N-dealkylation sites (N-methyl/N-ethyl adjacent to an activating group) is 1. The summed E-state index contributed by atoms with van der Waals surface area (Å²) in [6.45, 7) is 6.96. The van der Waals surface area contributed by atoms with E-state index in [0.717, 1.165) is 96.3 Å². The number of amides is 1. The maximum absolute atomic E-state index is 13.5. The van der Waals surface area contributed by atoms with Crippen LogP contribution in [0.15, 0.2) is 36.5 Å². The number of phosphoric ester groups is 1. The maximum atomic E-state index is 13.5. The van der Waals surface area contributed by atoms with Gasteiger partial charge in [-0.2, -0.15) is 0 Å². The van der Waals surface area contributed by atoms with Crippen molar-refractivity contribution in [3.63, 3.8) is 0 Å². The number of quaternary nitrogens is 1. The van der Waals surface area contributed by atoms with Gasteiger partial charge >= 0.3 is 13.8 Å². The number of nitrogens with zero attached hydrogens (tertiary/aromatic N) is 1. The molecule has 0 radical (unpaired) electrons. The van der Waals surface area contributed by atoms with Crippen molar-refractivity contribution in [3.8, 4) is 0 Å². The van der Waals surface area contributed by atoms with Crippen LogP contribution in [-0.4, -0.2) is 74.3 Å². The summed E-state index contributed by atoms with van der Waals surface area (Å²) in [4.78, 5) is 37.5. The molecular formula is C56H108N2O7P+. The first-order valence-corrected chi connectivity index (χ1v) is 29.3. The number of hydrogen-bond donors (Lipinski definition) is 2. The number of carbonyl (C=O) groups excluding carboxylic acids is 2. The molecule has 0 bridgehead atoms. The van der Waals surface area contributed by atoms with Gasteiger partial charge in [0.05, 0.1) is 33.8 Å². The van der Waals surface area contributed by atoms with Crippen LogP contribution in [0, 0.1) is 0 Å². The van der Waals surface area contributed by atoms with Gasteiger partial charge in [-0.3, -0.25) is 18.6 Å². The van der Waals surface area contributed by atoms with Gasteiger partial charge in [-0.05, 0) is 76.7 Å². The topological polar surface area (TPSA) is 111 Å². The summed E-state index contributed by atoms with van der Waals surface area (Å²) in [5.41, 5.74) is 0. The molecule has 0 rings (SSSR count). The summed E-state index contributed by atoms with van der Waals surface area (Å²) in [6, 6.07) is -0.849.